The number of ether oxygens (including phenoxy) is 1. The minimum Gasteiger partial charge on any atom is -0.481 e. The Balaban J connectivity index is 1.26. The Kier molecular flexibility index (Phi) is 6.30. The van der Waals surface area contributed by atoms with Crippen LogP contribution >= 0.6 is 15.9 Å². The quantitative estimate of drug-likeness (QED) is 0.478. The lowest BCUT2D eigenvalue weighted by Crippen LogP contribution is -2.48. The Morgan fingerprint density at radius 3 is 2.26 bits per heavy atom. The van der Waals surface area contributed by atoms with Crippen molar-refractivity contribution >= 4 is 33.9 Å². The highest BCUT2D eigenvalue weighted by atomic mass is 79.9. The van der Waals surface area contributed by atoms with Crippen LogP contribution in [0.5, 0.6) is 0 Å². The van der Waals surface area contributed by atoms with Gasteiger partial charge in [-0.3, -0.25) is 9.59 Å². The lowest BCUT2D eigenvalue weighted by atomic mass is 9.98. The fourth-order valence-corrected chi connectivity index (χ4v) is 5.30. The van der Waals surface area contributed by atoms with Gasteiger partial charge in [0.05, 0.1) is 6.42 Å². The standard InChI is InChI=1S/C27H23BrN2O5/c28-18-10-9-16-13-30(14-17(16)11-18)26(33)24(12-25(31)32)29-27(34)35-15-23-21-7-3-1-5-19(21)20-6-2-4-8-22(20)23/h1-11,23-24H,12-15H2,(H,29,34)(H,31,32). The highest BCUT2D eigenvalue weighted by Gasteiger charge is 2.33. The van der Waals surface area contributed by atoms with Crippen LogP contribution in [-0.2, 0) is 27.4 Å². The number of nitrogens with one attached hydrogen (secondary N) is 1. The second kappa shape index (κ2) is 9.54. The Morgan fingerprint density at radius 1 is 0.971 bits per heavy atom. The second-order valence-electron chi connectivity index (χ2n) is 8.73. The molecule has 0 aromatic heterocycles. The Morgan fingerprint density at radius 2 is 1.60 bits per heavy atom. The maximum Gasteiger partial charge on any atom is 0.407 e. The van der Waals surface area contributed by atoms with Crippen LogP contribution < -0.4 is 5.32 Å². The number of nitrogens with zero attached hydrogens (tertiary/aromatic N) is 1. The minimum absolute atomic E-state index is 0.0804. The lowest BCUT2D eigenvalue weighted by Gasteiger charge is -2.23. The van der Waals surface area contributed by atoms with Gasteiger partial charge in [0, 0.05) is 23.5 Å². The number of halogens is 1. The molecule has 2 N–H and O–H groups in total. The number of aliphatic carboxylic acids is 1. The zero-order valence-corrected chi connectivity index (χ0v) is 20.3. The molecule has 1 atom stereocenters. The normalized spacial score (nSPS) is 14.6. The van der Waals surface area contributed by atoms with Crippen LogP contribution in [0.25, 0.3) is 11.1 Å². The fraction of sp³-hybridized carbons (Fsp3) is 0.222. The third-order valence-electron chi connectivity index (χ3n) is 6.51. The van der Waals surface area contributed by atoms with E-state index in [1.165, 1.54) is 0 Å². The summed E-state index contributed by atoms with van der Waals surface area (Å²) < 4.78 is 6.43. The summed E-state index contributed by atoms with van der Waals surface area (Å²) in [5.41, 5.74) is 6.34. The number of hydrogen-bond acceptors (Lipinski definition) is 4. The van der Waals surface area contributed by atoms with E-state index in [-0.39, 0.29) is 12.5 Å². The number of carbonyl (C=O) groups excluding carboxylic acids is 2. The highest BCUT2D eigenvalue weighted by molar-refractivity contribution is 9.10. The van der Waals surface area contributed by atoms with Crippen LogP contribution in [0.3, 0.4) is 0 Å². The first-order valence-electron chi connectivity index (χ1n) is 11.3. The monoisotopic (exact) mass is 534 g/mol. The van der Waals surface area contributed by atoms with Crippen molar-refractivity contribution in [1.29, 1.82) is 0 Å². The largest absolute Gasteiger partial charge is 0.481 e. The number of carboxylic acid groups (broad SMARTS) is 1. The molecule has 0 spiro atoms. The van der Waals surface area contributed by atoms with Crippen LogP contribution in [0.4, 0.5) is 4.79 Å². The molecule has 1 heterocycles. The van der Waals surface area contributed by atoms with Gasteiger partial charge >= 0.3 is 12.1 Å². The van der Waals surface area contributed by atoms with E-state index in [1.807, 2.05) is 66.7 Å². The predicted molar refractivity (Wildman–Crippen MR) is 133 cm³/mol. The van der Waals surface area contributed by atoms with Gasteiger partial charge in [0.2, 0.25) is 5.91 Å². The summed E-state index contributed by atoms with van der Waals surface area (Å²) in [7, 11) is 0. The average Bonchev–Trinajstić information content (AvgIpc) is 3.40. The average molecular weight is 535 g/mol. The first-order valence-corrected chi connectivity index (χ1v) is 12.1. The minimum atomic E-state index is -1.22. The van der Waals surface area contributed by atoms with Crippen LogP contribution in [0.2, 0.25) is 0 Å². The molecular formula is C27H23BrN2O5. The molecule has 0 fully saturated rings. The molecule has 2 aliphatic rings. The fourth-order valence-electron chi connectivity index (χ4n) is 4.90. The van der Waals surface area contributed by atoms with E-state index in [1.54, 1.807) is 4.90 Å². The van der Waals surface area contributed by atoms with Gasteiger partial charge in [-0.25, -0.2) is 4.79 Å². The smallest absolute Gasteiger partial charge is 0.407 e. The molecule has 8 heteroatoms. The van der Waals surface area contributed by atoms with Crippen molar-refractivity contribution in [3.63, 3.8) is 0 Å². The van der Waals surface area contributed by atoms with Gasteiger partial charge in [0.1, 0.15) is 12.6 Å². The molecule has 0 radical (unpaired) electrons. The number of fused-ring (bicyclic) bond motifs is 4. The van der Waals surface area contributed by atoms with E-state index < -0.39 is 30.4 Å². The van der Waals surface area contributed by atoms with Gasteiger partial charge < -0.3 is 20.1 Å². The van der Waals surface area contributed by atoms with Crippen LogP contribution in [0.15, 0.2) is 71.2 Å². The maximum atomic E-state index is 13.1. The van der Waals surface area contributed by atoms with E-state index in [4.69, 9.17) is 4.74 Å². The van der Waals surface area contributed by atoms with Crippen molar-refractivity contribution in [3.8, 4) is 11.1 Å². The zero-order valence-electron chi connectivity index (χ0n) is 18.7. The number of carbonyl (C=O) groups is 3. The van der Waals surface area contributed by atoms with Gasteiger partial charge in [0.15, 0.2) is 0 Å². The molecule has 0 saturated heterocycles. The summed E-state index contributed by atoms with van der Waals surface area (Å²) in [6.45, 7) is 0.803. The van der Waals surface area contributed by atoms with Crippen LogP contribution in [0, 0.1) is 0 Å². The van der Waals surface area contributed by atoms with Gasteiger partial charge in [-0.1, -0.05) is 70.5 Å². The number of carboxylic acids is 1. The molecule has 7 nitrogen and oxygen atoms in total. The van der Waals surface area contributed by atoms with Gasteiger partial charge in [-0.2, -0.15) is 0 Å². The Labute approximate surface area is 210 Å². The zero-order chi connectivity index (χ0) is 24.5. The predicted octanol–water partition coefficient (Wildman–Crippen LogP) is 4.67. The molecule has 3 aromatic carbocycles. The molecule has 0 saturated carbocycles. The number of amides is 2. The lowest BCUT2D eigenvalue weighted by molar-refractivity contribution is -0.142. The molecule has 1 aliphatic carbocycles. The summed E-state index contributed by atoms with van der Waals surface area (Å²) >= 11 is 3.43. The molecule has 2 amide bonds. The van der Waals surface area contributed by atoms with Crippen molar-refractivity contribution in [3.05, 3.63) is 93.5 Å². The molecule has 1 aliphatic heterocycles. The molecule has 1 unspecified atom stereocenters. The van der Waals surface area contributed by atoms with E-state index >= 15 is 0 Å². The topological polar surface area (TPSA) is 95.9 Å². The Hall–Kier alpha value is -3.65. The van der Waals surface area contributed by atoms with Gasteiger partial charge in [-0.05, 0) is 45.5 Å². The van der Waals surface area contributed by atoms with Crippen molar-refractivity contribution in [1.82, 2.24) is 10.2 Å². The summed E-state index contributed by atoms with van der Waals surface area (Å²) in [6.07, 6.45) is -1.34. The molecule has 5 rings (SSSR count). The summed E-state index contributed by atoms with van der Waals surface area (Å²) in [4.78, 5) is 38.8. The van der Waals surface area contributed by atoms with Gasteiger partial charge in [0.25, 0.3) is 0 Å². The van der Waals surface area contributed by atoms with Crippen molar-refractivity contribution in [2.24, 2.45) is 0 Å². The molecule has 178 valence electrons. The molecule has 0 bridgehead atoms. The molecule has 35 heavy (non-hydrogen) atoms. The number of benzene rings is 3. The van der Waals surface area contributed by atoms with Crippen molar-refractivity contribution in [2.45, 2.75) is 31.5 Å². The first-order chi connectivity index (χ1) is 16.9. The SMILES string of the molecule is O=C(O)CC(NC(=O)OCC1c2ccccc2-c2ccccc21)C(=O)N1Cc2ccc(Br)cc2C1. The van der Waals surface area contributed by atoms with Crippen molar-refractivity contribution < 1.29 is 24.2 Å². The van der Waals surface area contributed by atoms with E-state index in [0.29, 0.717) is 13.1 Å². The third-order valence-corrected chi connectivity index (χ3v) is 7.01. The Bertz CT molecular complexity index is 1280. The first kappa shape index (κ1) is 23.1. The van der Waals surface area contributed by atoms with Crippen LogP contribution in [-0.4, -0.2) is 40.6 Å². The summed E-state index contributed by atoms with van der Waals surface area (Å²) in [5.74, 6) is -1.76. The van der Waals surface area contributed by atoms with E-state index in [0.717, 1.165) is 37.9 Å². The van der Waals surface area contributed by atoms with Gasteiger partial charge in [-0.15, -0.1) is 0 Å². The van der Waals surface area contributed by atoms with E-state index in [2.05, 4.69) is 21.2 Å². The summed E-state index contributed by atoms with van der Waals surface area (Å²) in [6, 6.07) is 20.5. The summed E-state index contributed by atoms with van der Waals surface area (Å²) in [5, 5.41) is 11.8. The number of hydrogen-bond donors (Lipinski definition) is 2. The highest BCUT2D eigenvalue weighted by Crippen LogP contribution is 2.44. The van der Waals surface area contributed by atoms with Crippen molar-refractivity contribution in [2.75, 3.05) is 6.61 Å². The number of alkyl carbamates (subject to hydrolysis) is 1. The van der Waals surface area contributed by atoms with Crippen LogP contribution in [0.1, 0.15) is 34.6 Å². The van der Waals surface area contributed by atoms with E-state index in [9.17, 15) is 19.5 Å². The second-order valence-corrected chi connectivity index (χ2v) is 9.64. The number of rotatable bonds is 6. The maximum absolute atomic E-state index is 13.1. The third kappa shape index (κ3) is 4.66. The molecular weight excluding hydrogens is 512 g/mol. The molecule has 3 aromatic rings.